The number of ether oxygens (including phenoxy) is 1. The quantitative estimate of drug-likeness (QED) is 0.446. The fraction of sp³-hybridized carbons (Fsp3) is 0.292. The van der Waals surface area contributed by atoms with Gasteiger partial charge >= 0.3 is 0 Å². The van der Waals surface area contributed by atoms with E-state index in [9.17, 15) is 9.90 Å². The SMILES string of the molecule is CCOc1cc(Br)cc([C@H]2NC(=O)c3c(sc4c3CCN(Cc3ccccc3)C4)N2)c1O. The molecule has 1 atom stereocenters. The minimum absolute atomic E-state index is 0.0339. The molecule has 0 radical (unpaired) electrons. The number of thiophene rings is 1. The highest BCUT2D eigenvalue weighted by molar-refractivity contribution is 9.10. The van der Waals surface area contributed by atoms with Crippen LogP contribution >= 0.6 is 27.3 Å². The number of halogens is 1. The molecule has 1 aromatic heterocycles. The fourth-order valence-electron chi connectivity index (χ4n) is 4.38. The smallest absolute Gasteiger partial charge is 0.256 e. The lowest BCUT2D eigenvalue weighted by atomic mass is 9.99. The highest BCUT2D eigenvalue weighted by atomic mass is 79.9. The maximum atomic E-state index is 13.1. The van der Waals surface area contributed by atoms with Gasteiger partial charge in [-0.3, -0.25) is 9.69 Å². The molecule has 6 nitrogen and oxygen atoms in total. The molecule has 8 heteroatoms. The van der Waals surface area contributed by atoms with Crippen LogP contribution < -0.4 is 15.4 Å². The minimum atomic E-state index is -0.535. The summed E-state index contributed by atoms with van der Waals surface area (Å²) >= 11 is 5.12. The Hall–Kier alpha value is -2.55. The summed E-state index contributed by atoms with van der Waals surface area (Å²) in [5.41, 5.74) is 3.76. The Balaban J connectivity index is 1.40. The van der Waals surface area contributed by atoms with Crippen molar-refractivity contribution in [1.82, 2.24) is 10.2 Å². The van der Waals surface area contributed by atoms with Crippen LogP contribution in [-0.4, -0.2) is 29.1 Å². The number of amides is 1. The van der Waals surface area contributed by atoms with E-state index < -0.39 is 6.17 Å². The second kappa shape index (κ2) is 8.77. The van der Waals surface area contributed by atoms with E-state index >= 15 is 0 Å². The summed E-state index contributed by atoms with van der Waals surface area (Å²) in [6, 6.07) is 14.0. The maximum absolute atomic E-state index is 13.1. The summed E-state index contributed by atoms with van der Waals surface area (Å²) in [5.74, 6) is 0.322. The van der Waals surface area contributed by atoms with Crippen LogP contribution in [0, 0.1) is 0 Å². The lowest BCUT2D eigenvalue weighted by molar-refractivity contribution is 0.0934. The van der Waals surface area contributed by atoms with Gasteiger partial charge in [0.15, 0.2) is 11.5 Å². The van der Waals surface area contributed by atoms with E-state index in [0.717, 1.165) is 46.7 Å². The van der Waals surface area contributed by atoms with E-state index in [-0.39, 0.29) is 11.7 Å². The molecule has 0 saturated carbocycles. The Kier molecular flexibility index (Phi) is 5.84. The van der Waals surface area contributed by atoms with Crippen molar-refractivity contribution in [2.24, 2.45) is 0 Å². The van der Waals surface area contributed by atoms with Gasteiger partial charge in [0.2, 0.25) is 0 Å². The van der Waals surface area contributed by atoms with Crippen LogP contribution in [0.2, 0.25) is 0 Å². The molecule has 1 amide bonds. The van der Waals surface area contributed by atoms with Gasteiger partial charge in [-0.1, -0.05) is 46.3 Å². The van der Waals surface area contributed by atoms with E-state index in [1.165, 1.54) is 10.4 Å². The summed E-state index contributed by atoms with van der Waals surface area (Å²) < 4.78 is 6.32. The van der Waals surface area contributed by atoms with Crippen molar-refractivity contribution >= 4 is 38.2 Å². The number of hydrogen-bond acceptors (Lipinski definition) is 6. The molecule has 2 aliphatic rings. The van der Waals surface area contributed by atoms with E-state index in [4.69, 9.17) is 4.74 Å². The second-order valence-corrected chi connectivity index (χ2v) is 10.0. The van der Waals surface area contributed by atoms with Crippen molar-refractivity contribution in [2.45, 2.75) is 32.6 Å². The Bertz CT molecular complexity index is 1170. The van der Waals surface area contributed by atoms with Gasteiger partial charge in [-0.25, -0.2) is 0 Å². The van der Waals surface area contributed by atoms with Crippen molar-refractivity contribution < 1.29 is 14.6 Å². The standard InChI is InChI=1S/C24H24BrN3O3S/c1-2-31-18-11-15(25)10-17(21(18)29)22-26-23(30)20-16-8-9-28(12-14-6-4-3-5-7-14)13-19(16)32-24(20)27-22/h3-7,10-11,22,27,29H,2,8-9,12-13H2,1H3,(H,26,30)/t22-/m0/s1. The first-order valence-electron chi connectivity index (χ1n) is 10.7. The third-order valence-corrected chi connectivity index (χ3v) is 7.45. The number of benzene rings is 2. The summed E-state index contributed by atoms with van der Waals surface area (Å²) in [4.78, 5) is 16.7. The van der Waals surface area contributed by atoms with E-state index in [1.807, 2.05) is 13.0 Å². The molecule has 3 N–H and O–H groups in total. The van der Waals surface area contributed by atoms with Crippen LogP contribution in [0.4, 0.5) is 5.00 Å². The first-order chi connectivity index (χ1) is 15.5. The van der Waals surface area contributed by atoms with E-state index in [0.29, 0.717) is 17.9 Å². The lowest BCUT2D eigenvalue weighted by Crippen LogP contribution is -2.39. The first kappa shape index (κ1) is 21.3. The van der Waals surface area contributed by atoms with Crippen molar-refractivity contribution in [3.63, 3.8) is 0 Å². The number of nitrogens with one attached hydrogen (secondary N) is 2. The Labute approximate surface area is 199 Å². The zero-order valence-electron chi connectivity index (χ0n) is 17.7. The zero-order chi connectivity index (χ0) is 22.2. The topological polar surface area (TPSA) is 73.8 Å². The molecule has 2 aliphatic heterocycles. The Morgan fingerprint density at radius 1 is 1.25 bits per heavy atom. The number of phenols is 1. The first-order valence-corrected chi connectivity index (χ1v) is 12.3. The van der Waals surface area contributed by atoms with E-state index in [2.05, 4.69) is 55.7 Å². The molecule has 0 unspecified atom stereocenters. The summed E-state index contributed by atoms with van der Waals surface area (Å²) in [6.07, 6.45) is 0.317. The molecule has 2 aromatic carbocycles. The van der Waals surface area contributed by atoms with Gasteiger partial charge in [-0.15, -0.1) is 11.3 Å². The highest BCUT2D eigenvalue weighted by Crippen LogP contribution is 2.44. The zero-order valence-corrected chi connectivity index (χ0v) is 20.1. The van der Waals surface area contributed by atoms with Gasteiger partial charge in [0, 0.05) is 34.5 Å². The number of nitrogens with zero attached hydrogens (tertiary/aromatic N) is 1. The fourth-order valence-corrected chi connectivity index (χ4v) is 6.15. The van der Waals surface area contributed by atoms with E-state index in [1.54, 1.807) is 23.5 Å². The number of fused-ring (bicyclic) bond motifs is 3. The molecule has 166 valence electrons. The van der Waals surface area contributed by atoms with Gasteiger partial charge in [-0.2, -0.15) is 0 Å². The third-order valence-electron chi connectivity index (χ3n) is 5.84. The number of aromatic hydroxyl groups is 1. The van der Waals surface area contributed by atoms with Crippen LogP contribution in [0.25, 0.3) is 0 Å². The van der Waals surface area contributed by atoms with Crippen molar-refractivity contribution in [1.29, 1.82) is 0 Å². The summed E-state index contributed by atoms with van der Waals surface area (Å²) in [6.45, 7) is 4.96. The molecule has 0 bridgehead atoms. The number of hydrogen-bond donors (Lipinski definition) is 3. The molecular formula is C24H24BrN3O3S. The molecule has 0 saturated heterocycles. The van der Waals surface area contributed by atoms with Crippen molar-refractivity contribution in [3.8, 4) is 11.5 Å². The van der Waals surface area contributed by atoms with Crippen LogP contribution in [0.5, 0.6) is 11.5 Å². The van der Waals surface area contributed by atoms with Crippen LogP contribution in [0.3, 0.4) is 0 Å². The third kappa shape index (κ3) is 3.98. The molecule has 0 aliphatic carbocycles. The summed E-state index contributed by atoms with van der Waals surface area (Å²) in [5, 5.41) is 18.0. The van der Waals surface area contributed by atoms with Crippen LogP contribution in [-0.2, 0) is 19.5 Å². The monoisotopic (exact) mass is 513 g/mol. The molecule has 3 aromatic rings. The molecular weight excluding hydrogens is 490 g/mol. The van der Waals surface area contributed by atoms with Gasteiger partial charge in [-0.05, 0) is 36.6 Å². The highest BCUT2D eigenvalue weighted by Gasteiger charge is 2.34. The predicted octanol–water partition coefficient (Wildman–Crippen LogP) is 5.03. The Morgan fingerprint density at radius 2 is 2.06 bits per heavy atom. The maximum Gasteiger partial charge on any atom is 0.256 e. The number of anilines is 1. The van der Waals surface area contributed by atoms with Gasteiger partial charge < -0.3 is 20.5 Å². The van der Waals surface area contributed by atoms with Gasteiger partial charge in [0.25, 0.3) is 5.91 Å². The number of carbonyl (C=O) groups is 1. The second-order valence-electron chi connectivity index (χ2n) is 7.98. The largest absolute Gasteiger partial charge is 0.504 e. The number of carbonyl (C=O) groups excluding carboxylic acids is 1. The van der Waals surface area contributed by atoms with Crippen molar-refractivity contribution in [3.05, 3.63) is 74.1 Å². The normalized spacial score (nSPS) is 17.8. The van der Waals surface area contributed by atoms with Gasteiger partial charge in [0.05, 0.1) is 12.2 Å². The Morgan fingerprint density at radius 3 is 2.84 bits per heavy atom. The number of rotatable bonds is 5. The molecule has 32 heavy (non-hydrogen) atoms. The molecule has 0 spiro atoms. The minimum Gasteiger partial charge on any atom is -0.504 e. The number of phenolic OH excluding ortho intramolecular Hbond substituents is 1. The van der Waals surface area contributed by atoms with Gasteiger partial charge in [0.1, 0.15) is 11.2 Å². The average molecular weight is 514 g/mol. The molecule has 3 heterocycles. The van der Waals surface area contributed by atoms with Crippen molar-refractivity contribution in [2.75, 3.05) is 18.5 Å². The average Bonchev–Trinajstić information content (AvgIpc) is 3.15. The van der Waals surface area contributed by atoms with Crippen LogP contribution in [0.15, 0.2) is 46.9 Å². The molecule has 0 fully saturated rings. The predicted molar refractivity (Wildman–Crippen MR) is 129 cm³/mol. The van der Waals surface area contributed by atoms with Crippen LogP contribution in [0.1, 0.15) is 45.0 Å². The molecule has 5 rings (SSSR count). The summed E-state index contributed by atoms with van der Waals surface area (Å²) in [7, 11) is 0. The lowest BCUT2D eigenvalue weighted by Gasteiger charge is -2.29.